The molecule has 0 atom stereocenters. The molecule has 1 amide bonds. The number of carbonyl (C=O) groups is 2. The molecule has 0 fully saturated rings. The summed E-state index contributed by atoms with van der Waals surface area (Å²) in [6.07, 6.45) is 4.48. The van der Waals surface area contributed by atoms with Gasteiger partial charge in [-0.2, -0.15) is 0 Å². The zero-order valence-electron chi connectivity index (χ0n) is 17.6. The number of hydrogen-bond acceptors (Lipinski definition) is 5. The van der Waals surface area contributed by atoms with Crippen LogP contribution in [-0.2, 0) is 28.9 Å². The number of amides is 1. The van der Waals surface area contributed by atoms with Crippen molar-refractivity contribution in [3.63, 3.8) is 0 Å². The highest BCUT2D eigenvalue weighted by atomic mass is 16.6. The second-order valence-corrected chi connectivity index (χ2v) is 8.20. The number of ether oxygens (including phenoxy) is 2. The SMILES string of the molecule is CCOC(=O)c1cncn1Cc1ccc2c(c1)CCN(C(=O)OC(C)(C)C)CC2. The highest BCUT2D eigenvalue weighted by Crippen LogP contribution is 2.20. The molecule has 0 aliphatic carbocycles. The van der Waals surface area contributed by atoms with Gasteiger partial charge in [0.15, 0.2) is 0 Å². The summed E-state index contributed by atoms with van der Waals surface area (Å²) in [4.78, 5) is 30.3. The number of hydrogen-bond donors (Lipinski definition) is 0. The smallest absolute Gasteiger partial charge is 0.410 e. The molecule has 0 spiro atoms. The first-order valence-electron chi connectivity index (χ1n) is 10.0. The number of nitrogens with zero attached hydrogens (tertiary/aromatic N) is 3. The van der Waals surface area contributed by atoms with Crippen LogP contribution < -0.4 is 0 Å². The predicted molar refractivity (Wildman–Crippen MR) is 109 cm³/mol. The van der Waals surface area contributed by atoms with Gasteiger partial charge < -0.3 is 18.9 Å². The van der Waals surface area contributed by atoms with E-state index in [0.717, 1.165) is 18.4 Å². The Morgan fingerprint density at radius 2 is 1.86 bits per heavy atom. The molecule has 29 heavy (non-hydrogen) atoms. The third kappa shape index (κ3) is 5.37. The second kappa shape index (κ2) is 8.68. The quantitative estimate of drug-likeness (QED) is 0.737. The first-order chi connectivity index (χ1) is 13.8. The molecule has 0 bridgehead atoms. The Labute approximate surface area is 171 Å². The van der Waals surface area contributed by atoms with E-state index in [4.69, 9.17) is 9.47 Å². The summed E-state index contributed by atoms with van der Waals surface area (Å²) in [6, 6.07) is 6.34. The molecule has 0 radical (unpaired) electrons. The first-order valence-corrected chi connectivity index (χ1v) is 10.0. The van der Waals surface area contributed by atoms with Gasteiger partial charge in [0, 0.05) is 19.6 Å². The molecule has 156 valence electrons. The average molecular weight is 399 g/mol. The predicted octanol–water partition coefficient (Wildman–Crippen LogP) is 3.44. The molecule has 0 saturated heterocycles. The molecular weight excluding hydrogens is 370 g/mol. The van der Waals surface area contributed by atoms with Gasteiger partial charge in [0.25, 0.3) is 0 Å². The highest BCUT2D eigenvalue weighted by molar-refractivity contribution is 5.87. The van der Waals surface area contributed by atoms with Crippen LogP contribution in [0.4, 0.5) is 4.79 Å². The van der Waals surface area contributed by atoms with E-state index in [1.54, 1.807) is 22.7 Å². The molecule has 1 aromatic carbocycles. The van der Waals surface area contributed by atoms with E-state index in [1.807, 2.05) is 20.8 Å². The average Bonchev–Trinajstić information content (AvgIpc) is 2.99. The molecule has 3 rings (SSSR count). The molecule has 1 aromatic heterocycles. The van der Waals surface area contributed by atoms with Crippen molar-refractivity contribution in [2.24, 2.45) is 0 Å². The van der Waals surface area contributed by atoms with Gasteiger partial charge in [-0.3, -0.25) is 0 Å². The largest absolute Gasteiger partial charge is 0.461 e. The molecule has 1 aliphatic rings. The summed E-state index contributed by atoms with van der Waals surface area (Å²) in [7, 11) is 0. The normalized spacial score (nSPS) is 14.1. The zero-order chi connectivity index (χ0) is 21.0. The Hall–Kier alpha value is -2.83. The highest BCUT2D eigenvalue weighted by Gasteiger charge is 2.24. The van der Waals surface area contributed by atoms with Crippen molar-refractivity contribution in [1.29, 1.82) is 0 Å². The zero-order valence-corrected chi connectivity index (χ0v) is 17.6. The molecule has 2 aromatic rings. The molecule has 0 N–H and O–H groups in total. The maximum absolute atomic E-state index is 12.4. The van der Waals surface area contributed by atoms with Crippen LogP contribution in [0.1, 0.15) is 54.9 Å². The lowest BCUT2D eigenvalue weighted by molar-refractivity contribution is 0.0258. The van der Waals surface area contributed by atoms with E-state index in [9.17, 15) is 9.59 Å². The molecule has 7 heteroatoms. The lowest BCUT2D eigenvalue weighted by Crippen LogP contribution is -2.38. The molecule has 2 heterocycles. The van der Waals surface area contributed by atoms with Crippen LogP contribution in [0.5, 0.6) is 0 Å². The van der Waals surface area contributed by atoms with E-state index >= 15 is 0 Å². The van der Waals surface area contributed by atoms with Crippen molar-refractivity contribution in [3.05, 3.63) is 53.1 Å². The van der Waals surface area contributed by atoms with Crippen molar-refractivity contribution in [3.8, 4) is 0 Å². The van der Waals surface area contributed by atoms with Gasteiger partial charge in [-0.1, -0.05) is 18.2 Å². The lowest BCUT2D eigenvalue weighted by Gasteiger charge is -2.26. The summed E-state index contributed by atoms with van der Waals surface area (Å²) < 4.78 is 12.4. The van der Waals surface area contributed by atoms with Crippen LogP contribution in [-0.4, -0.2) is 51.8 Å². The Bertz CT molecular complexity index is 882. The fourth-order valence-corrected chi connectivity index (χ4v) is 3.40. The van der Waals surface area contributed by atoms with Crippen molar-refractivity contribution >= 4 is 12.1 Å². The summed E-state index contributed by atoms with van der Waals surface area (Å²) in [6.45, 7) is 9.57. The number of rotatable bonds is 4. The van der Waals surface area contributed by atoms with Crippen molar-refractivity contribution < 1.29 is 19.1 Å². The summed E-state index contributed by atoms with van der Waals surface area (Å²) in [5, 5.41) is 0. The van der Waals surface area contributed by atoms with Gasteiger partial charge >= 0.3 is 12.1 Å². The number of carbonyl (C=O) groups excluding carboxylic acids is 2. The van der Waals surface area contributed by atoms with Gasteiger partial charge in [0.1, 0.15) is 11.3 Å². The van der Waals surface area contributed by atoms with Crippen molar-refractivity contribution in [2.75, 3.05) is 19.7 Å². The van der Waals surface area contributed by atoms with Crippen molar-refractivity contribution in [2.45, 2.75) is 52.7 Å². The van der Waals surface area contributed by atoms with Gasteiger partial charge in [-0.05, 0) is 57.2 Å². The van der Waals surface area contributed by atoms with E-state index in [-0.39, 0.29) is 12.1 Å². The Kier molecular flexibility index (Phi) is 6.25. The number of aromatic nitrogens is 2. The van der Waals surface area contributed by atoms with E-state index in [1.165, 1.54) is 17.3 Å². The number of esters is 1. The van der Waals surface area contributed by atoms with E-state index < -0.39 is 5.60 Å². The van der Waals surface area contributed by atoms with Crippen LogP contribution in [0, 0.1) is 0 Å². The number of imidazole rings is 1. The summed E-state index contributed by atoms with van der Waals surface area (Å²) in [5.41, 5.74) is 3.50. The Morgan fingerprint density at radius 1 is 1.14 bits per heavy atom. The monoisotopic (exact) mass is 399 g/mol. The number of fused-ring (bicyclic) bond motifs is 1. The standard InChI is InChI=1S/C22H29N3O4/c1-5-28-20(26)19-13-23-15-25(19)14-16-6-7-17-8-10-24(11-9-18(17)12-16)21(27)29-22(2,3)4/h6-7,12-13,15H,5,8-11,14H2,1-4H3. The van der Waals surface area contributed by atoms with Gasteiger partial charge in [0.05, 0.1) is 19.1 Å². The third-order valence-electron chi connectivity index (χ3n) is 4.77. The molecule has 1 aliphatic heterocycles. The molecular formula is C22H29N3O4. The lowest BCUT2D eigenvalue weighted by atomic mass is 10.00. The van der Waals surface area contributed by atoms with Gasteiger partial charge in [0.2, 0.25) is 0 Å². The minimum Gasteiger partial charge on any atom is -0.461 e. The topological polar surface area (TPSA) is 73.7 Å². The van der Waals surface area contributed by atoms with Crippen LogP contribution >= 0.6 is 0 Å². The molecule has 0 saturated carbocycles. The fourth-order valence-electron chi connectivity index (χ4n) is 3.40. The third-order valence-corrected chi connectivity index (χ3v) is 4.77. The first kappa shape index (κ1) is 20.9. The molecule has 0 unspecified atom stereocenters. The van der Waals surface area contributed by atoms with Crippen LogP contribution in [0.15, 0.2) is 30.7 Å². The van der Waals surface area contributed by atoms with Crippen molar-refractivity contribution in [1.82, 2.24) is 14.5 Å². The van der Waals surface area contributed by atoms with Crippen LogP contribution in [0.3, 0.4) is 0 Å². The van der Waals surface area contributed by atoms with E-state index in [0.29, 0.717) is 31.9 Å². The minimum absolute atomic E-state index is 0.261. The molecule has 7 nitrogen and oxygen atoms in total. The van der Waals surface area contributed by atoms with Crippen LogP contribution in [0.2, 0.25) is 0 Å². The maximum Gasteiger partial charge on any atom is 0.410 e. The van der Waals surface area contributed by atoms with Gasteiger partial charge in [-0.25, -0.2) is 14.6 Å². The summed E-state index contributed by atoms with van der Waals surface area (Å²) >= 11 is 0. The minimum atomic E-state index is -0.495. The fraction of sp³-hybridized carbons (Fsp3) is 0.500. The maximum atomic E-state index is 12.4. The summed E-state index contributed by atoms with van der Waals surface area (Å²) in [5.74, 6) is -0.368. The second-order valence-electron chi connectivity index (χ2n) is 8.20. The Morgan fingerprint density at radius 3 is 2.55 bits per heavy atom. The van der Waals surface area contributed by atoms with Crippen LogP contribution in [0.25, 0.3) is 0 Å². The van der Waals surface area contributed by atoms with Gasteiger partial charge in [-0.15, -0.1) is 0 Å². The van der Waals surface area contributed by atoms with E-state index in [2.05, 4.69) is 23.2 Å². The Balaban J connectivity index is 1.70. The number of benzene rings is 1.